The number of ether oxygens (including phenoxy) is 2. The van der Waals surface area contributed by atoms with Crippen molar-refractivity contribution < 1.29 is 14.6 Å². The van der Waals surface area contributed by atoms with E-state index >= 15 is 0 Å². The minimum atomic E-state index is -0.185. The molecule has 0 aromatic rings. The van der Waals surface area contributed by atoms with Crippen molar-refractivity contribution >= 4 is 0 Å². The van der Waals surface area contributed by atoms with E-state index in [2.05, 4.69) is 0 Å². The second kappa shape index (κ2) is 9.96. The minimum Gasteiger partial charge on any atom is -0.393 e. The van der Waals surface area contributed by atoms with Crippen LogP contribution in [0.25, 0.3) is 0 Å². The Kier molecular flexibility index (Phi) is 9.87. The van der Waals surface area contributed by atoms with Gasteiger partial charge in [-0.15, -0.1) is 0 Å². The molecule has 13 heavy (non-hydrogen) atoms. The molecule has 80 valence electrons. The van der Waals surface area contributed by atoms with Gasteiger partial charge in [0.05, 0.1) is 6.10 Å². The van der Waals surface area contributed by atoms with Gasteiger partial charge in [0.15, 0.2) is 0 Å². The highest BCUT2D eigenvalue weighted by atomic mass is 16.5. The lowest BCUT2D eigenvalue weighted by Gasteiger charge is -2.09. The number of hydrogen-bond donors (Lipinski definition) is 1. The minimum absolute atomic E-state index is 0.185. The van der Waals surface area contributed by atoms with Crippen LogP contribution in [-0.4, -0.2) is 38.1 Å². The van der Waals surface area contributed by atoms with Crippen molar-refractivity contribution in [2.24, 2.45) is 0 Å². The molecule has 1 atom stereocenters. The van der Waals surface area contributed by atoms with E-state index in [1.165, 1.54) is 0 Å². The van der Waals surface area contributed by atoms with Gasteiger partial charge in [-0.3, -0.25) is 0 Å². The second-order valence-electron chi connectivity index (χ2n) is 3.13. The standard InChI is InChI=1S/C10H22O3/c1-3-13-9-5-7-10(11)6-4-8-12-2/h10-11H,3-9H2,1-2H3. The molecule has 0 aromatic carbocycles. The maximum Gasteiger partial charge on any atom is 0.0542 e. The lowest BCUT2D eigenvalue weighted by Crippen LogP contribution is -2.09. The maximum atomic E-state index is 9.46. The summed E-state index contributed by atoms with van der Waals surface area (Å²) in [6.45, 7) is 4.25. The van der Waals surface area contributed by atoms with Crippen LogP contribution in [0.2, 0.25) is 0 Å². The lowest BCUT2D eigenvalue weighted by molar-refractivity contribution is 0.101. The molecule has 0 bridgehead atoms. The van der Waals surface area contributed by atoms with E-state index in [0.29, 0.717) is 0 Å². The van der Waals surface area contributed by atoms with E-state index in [0.717, 1.165) is 45.5 Å². The number of aliphatic hydroxyl groups is 1. The molecule has 0 aliphatic heterocycles. The van der Waals surface area contributed by atoms with Gasteiger partial charge in [-0.05, 0) is 32.6 Å². The summed E-state index contributed by atoms with van der Waals surface area (Å²) in [5.74, 6) is 0. The largest absolute Gasteiger partial charge is 0.393 e. The van der Waals surface area contributed by atoms with E-state index in [-0.39, 0.29) is 6.10 Å². The Hall–Kier alpha value is -0.120. The average Bonchev–Trinajstić information content (AvgIpc) is 2.13. The van der Waals surface area contributed by atoms with Crippen molar-refractivity contribution in [1.29, 1.82) is 0 Å². The third-order valence-corrected chi connectivity index (χ3v) is 1.92. The smallest absolute Gasteiger partial charge is 0.0542 e. The first-order chi connectivity index (χ1) is 6.31. The molecule has 0 saturated heterocycles. The van der Waals surface area contributed by atoms with E-state index in [1.807, 2.05) is 6.92 Å². The topological polar surface area (TPSA) is 38.7 Å². The molecule has 0 saturated carbocycles. The molecule has 0 spiro atoms. The molecule has 3 nitrogen and oxygen atoms in total. The SMILES string of the molecule is CCOCCCC(O)CCCOC. The Morgan fingerprint density at radius 3 is 2.31 bits per heavy atom. The molecule has 0 aromatic heterocycles. The zero-order chi connectivity index (χ0) is 9.94. The Bertz CT molecular complexity index is 96.2. The van der Waals surface area contributed by atoms with E-state index < -0.39 is 0 Å². The molecule has 0 rings (SSSR count). The summed E-state index contributed by atoms with van der Waals surface area (Å²) in [6, 6.07) is 0. The highest BCUT2D eigenvalue weighted by molar-refractivity contribution is 4.55. The molecule has 0 heterocycles. The maximum absolute atomic E-state index is 9.46. The van der Waals surface area contributed by atoms with Crippen LogP contribution in [0.1, 0.15) is 32.6 Å². The van der Waals surface area contributed by atoms with Gasteiger partial charge in [-0.1, -0.05) is 0 Å². The Balaban J connectivity index is 3.05. The van der Waals surface area contributed by atoms with Crippen LogP contribution in [-0.2, 0) is 9.47 Å². The summed E-state index contributed by atoms with van der Waals surface area (Å²) < 4.78 is 10.1. The molecule has 0 fully saturated rings. The zero-order valence-corrected chi connectivity index (χ0v) is 8.79. The van der Waals surface area contributed by atoms with E-state index in [4.69, 9.17) is 9.47 Å². The molecule has 0 aliphatic carbocycles. The predicted molar refractivity (Wildman–Crippen MR) is 52.8 cm³/mol. The summed E-state index contributed by atoms with van der Waals surface area (Å²) in [7, 11) is 1.68. The molecule has 1 N–H and O–H groups in total. The first kappa shape index (κ1) is 12.9. The number of methoxy groups -OCH3 is 1. The van der Waals surface area contributed by atoms with Gasteiger partial charge in [-0.2, -0.15) is 0 Å². The molecule has 1 unspecified atom stereocenters. The average molecular weight is 190 g/mol. The fraction of sp³-hybridized carbons (Fsp3) is 1.00. The van der Waals surface area contributed by atoms with Gasteiger partial charge in [0, 0.05) is 26.9 Å². The number of rotatable bonds is 9. The van der Waals surface area contributed by atoms with Gasteiger partial charge < -0.3 is 14.6 Å². The number of aliphatic hydroxyl groups excluding tert-OH is 1. The Labute approximate surface area is 81.0 Å². The van der Waals surface area contributed by atoms with Gasteiger partial charge >= 0.3 is 0 Å². The van der Waals surface area contributed by atoms with E-state index in [1.54, 1.807) is 7.11 Å². The van der Waals surface area contributed by atoms with Crippen LogP contribution < -0.4 is 0 Å². The predicted octanol–water partition coefficient (Wildman–Crippen LogP) is 1.59. The van der Waals surface area contributed by atoms with Crippen molar-refractivity contribution in [3.05, 3.63) is 0 Å². The monoisotopic (exact) mass is 190 g/mol. The van der Waals surface area contributed by atoms with Crippen LogP contribution >= 0.6 is 0 Å². The third-order valence-electron chi connectivity index (χ3n) is 1.92. The van der Waals surface area contributed by atoms with Crippen LogP contribution in [0.5, 0.6) is 0 Å². The summed E-state index contributed by atoms with van der Waals surface area (Å²) in [4.78, 5) is 0. The van der Waals surface area contributed by atoms with Crippen molar-refractivity contribution in [2.45, 2.75) is 38.7 Å². The lowest BCUT2D eigenvalue weighted by atomic mass is 10.1. The molecular weight excluding hydrogens is 168 g/mol. The first-order valence-corrected chi connectivity index (χ1v) is 5.06. The van der Waals surface area contributed by atoms with Crippen LogP contribution in [0.4, 0.5) is 0 Å². The number of hydrogen-bond acceptors (Lipinski definition) is 3. The summed E-state index contributed by atoms with van der Waals surface area (Å²) >= 11 is 0. The summed E-state index contributed by atoms with van der Waals surface area (Å²) in [5, 5.41) is 9.46. The highest BCUT2D eigenvalue weighted by Gasteiger charge is 2.02. The van der Waals surface area contributed by atoms with Crippen molar-refractivity contribution in [3.63, 3.8) is 0 Å². The highest BCUT2D eigenvalue weighted by Crippen LogP contribution is 2.04. The van der Waals surface area contributed by atoms with Gasteiger partial charge in [0.1, 0.15) is 0 Å². The van der Waals surface area contributed by atoms with Gasteiger partial charge in [-0.25, -0.2) is 0 Å². The summed E-state index contributed by atoms with van der Waals surface area (Å²) in [5.41, 5.74) is 0. The van der Waals surface area contributed by atoms with Crippen LogP contribution in [0, 0.1) is 0 Å². The fourth-order valence-corrected chi connectivity index (χ4v) is 1.17. The van der Waals surface area contributed by atoms with Gasteiger partial charge in [0.25, 0.3) is 0 Å². The van der Waals surface area contributed by atoms with Gasteiger partial charge in [0.2, 0.25) is 0 Å². The van der Waals surface area contributed by atoms with Crippen LogP contribution in [0.15, 0.2) is 0 Å². The first-order valence-electron chi connectivity index (χ1n) is 5.06. The Morgan fingerprint density at radius 2 is 1.77 bits per heavy atom. The van der Waals surface area contributed by atoms with Crippen molar-refractivity contribution in [2.75, 3.05) is 26.9 Å². The normalized spacial score (nSPS) is 13.2. The molecule has 3 heteroatoms. The summed E-state index contributed by atoms with van der Waals surface area (Å²) in [6.07, 6.45) is 3.37. The quantitative estimate of drug-likeness (QED) is 0.561. The Morgan fingerprint density at radius 1 is 1.15 bits per heavy atom. The zero-order valence-electron chi connectivity index (χ0n) is 8.79. The fourth-order valence-electron chi connectivity index (χ4n) is 1.17. The molecule has 0 radical (unpaired) electrons. The van der Waals surface area contributed by atoms with Crippen LogP contribution in [0.3, 0.4) is 0 Å². The van der Waals surface area contributed by atoms with Crippen molar-refractivity contribution in [1.82, 2.24) is 0 Å². The molecule has 0 aliphatic rings. The second-order valence-corrected chi connectivity index (χ2v) is 3.13. The van der Waals surface area contributed by atoms with E-state index in [9.17, 15) is 5.11 Å². The molecule has 0 amide bonds. The van der Waals surface area contributed by atoms with Crippen molar-refractivity contribution in [3.8, 4) is 0 Å². The third kappa shape index (κ3) is 9.80. The molecular formula is C10H22O3.